The molecule has 0 aliphatic rings. The van der Waals surface area contributed by atoms with Crippen LogP contribution in [0, 0.1) is 0 Å². The number of aliphatic hydroxyl groups is 1. The number of hydrogen-bond donors (Lipinski definition) is 1. The zero-order valence-electron chi connectivity index (χ0n) is 10.4. The van der Waals surface area contributed by atoms with Crippen molar-refractivity contribution in [2.45, 2.75) is 17.4 Å². The molecule has 1 N–H and O–H groups in total. The van der Waals surface area contributed by atoms with Gasteiger partial charge in [-0.25, -0.2) is 8.42 Å². The summed E-state index contributed by atoms with van der Waals surface area (Å²) in [6.07, 6.45) is -0.555. The van der Waals surface area contributed by atoms with Crippen LogP contribution in [0.15, 0.2) is 65.6 Å². The van der Waals surface area contributed by atoms with Crippen LogP contribution in [0.4, 0.5) is 0 Å². The summed E-state index contributed by atoms with van der Waals surface area (Å²) < 4.78 is 24.1. The molecule has 0 spiro atoms. The van der Waals surface area contributed by atoms with E-state index < -0.39 is 15.9 Å². The number of sulfone groups is 1. The van der Waals surface area contributed by atoms with Crippen molar-refractivity contribution < 1.29 is 13.5 Å². The normalized spacial score (nSPS) is 13.1. The number of benzene rings is 2. The Hall–Kier alpha value is -1.65. The van der Waals surface area contributed by atoms with E-state index in [4.69, 9.17) is 0 Å². The Balaban J connectivity index is 2.03. The van der Waals surface area contributed by atoms with Crippen LogP contribution < -0.4 is 0 Å². The molecule has 0 heterocycles. The zero-order chi connectivity index (χ0) is 13.7. The summed E-state index contributed by atoms with van der Waals surface area (Å²) >= 11 is 0. The quantitative estimate of drug-likeness (QED) is 0.913. The van der Waals surface area contributed by atoms with E-state index in [1.54, 1.807) is 42.5 Å². The van der Waals surface area contributed by atoms with E-state index in [1.807, 2.05) is 18.2 Å². The summed E-state index contributed by atoms with van der Waals surface area (Å²) in [6, 6.07) is 17.4. The molecule has 4 heteroatoms. The molecule has 3 nitrogen and oxygen atoms in total. The van der Waals surface area contributed by atoms with E-state index in [0.717, 1.165) is 5.56 Å². The van der Waals surface area contributed by atoms with Crippen LogP contribution in [-0.2, 0) is 9.84 Å². The van der Waals surface area contributed by atoms with Crippen molar-refractivity contribution in [1.82, 2.24) is 0 Å². The van der Waals surface area contributed by atoms with Gasteiger partial charge < -0.3 is 5.11 Å². The number of hydrogen-bond acceptors (Lipinski definition) is 3. The minimum atomic E-state index is -3.32. The molecule has 0 aliphatic heterocycles. The van der Waals surface area contributed by atoms with Crippen LogP contribution in [-0.4, -0.2) is 19.3 Å². The fourth-order valence-corrected chi connectivity index (χ4v) is 3.20. The lowest BCUT2D eigenvalue weighted by atomic mass is 10.1. The van der Waals surface area contributed by atoms with Gasteiger partial charge in [-0.1, -0.05) is 48.5 Å². The van der Waals surface area contributed by atoms with Gasteiger partial charge in [0, 0.05) is 0 Å². The summed E-state index contributed by atoms with van der Waals surface area (Å²) in [6.45, 7) is 0. The minimum Gasteiger partial charge on any atom is -0.388 e. The van der Waals surface area contributed by atoms with Crippen molar-refractivity contribution >= 4 is 9.84 Å². The third-order valence-electron chi connectivity index (χ3n) is 2.95. The summed E-state index contributed by atoms with van der Waals surface area (Å²) in [5.74, 6) is -0.0624. The SMILES string of the molecule is O=S(=O)(CC[C@@H](O)c1ccccc1)c1ccccc1. The molecule has 0 saturated carbocycles. The Morgan fingerprint density at radius 2 is 1.42 bits per heavy atom. The highest BCUT2D eigenvalue weighted by atomic mass is 32.2. The van der Waals surface area contributed by atoms with Crippen molar-refractivity contribution in [2.24, 2.45) is 0 Å². The van der Waals surface area contributed by atoms with E-state index in [2.05, 4.69) is 0 Å². The Morgan fingerprint density at radius 1 is 0.895 bits per heavy atom. The summed E-state index contributed by atoms with van der Waals surface area (Å²) in [5.41, 5.74) is 0.741. The molecule has 0 bridgehead atoms. The Bertz CT molecular complexity index is 606. The maximum atomic E-state index is 12.1. The lowest BCUT2D eigenvalue weighted by Crippen LogP contribution is -2.10. The lowest BCUT2D eigenvalue weighted by molar-refractivity contribution is 0.174. The first kappa shape index (κ1) is 13.8. The molecule has 2 aromatic rings. The van der Waals surface area contributed by atoms with Gasteiger partial charge in [-0.05, 0) is 24.1 Å². The number of aliphatic hydroxyl groups excluding tert-OH is 1. The average Bonchev–Trinajstić information content (AvgIpc) is 2.47. The molecule has 0 aliphatic carbocycles. The molecule has 0 fully saturated rings. The summed E-state index contributed by atoms with van der Waals surface area (Å²) in [4.78, 5) is 0.301. The first-order chi connectivity index (χ1) is 9.09. The molecule has 0 saturated heterocycles. The molecule has 0 unspecified atom stereocenters. The largest absolute Gasteiger partial charge is 0.388 e. The monoisotopic (exact) mass is 276 g/mol. The first-order valence-corrected chi connectivity index (χ1v) is 7.75. The molecule has 100 valence electrons. The predicted molar refractivity (Wildman–Crippen MR) is 74.5 cm³/mol. The zero-order valence-corrected chi connectivity index (χ0v) is 11.3. The van der Waals surface area contributed by atoms with E-state index in [1.165, 1.54) is 0 Å². The first-order valence-electron chi connectivity index (χ1n) is 6.10. The van der Waals surface area contributed by atoms with Gasteiger partial charge in [-0.3, -0.25) is 0 Å². The van der Waals surface area contributed by atoms with E-state index in [-0.39, 0.29) is 12.2 Å². The summed E-state index contributed by atoms with van der Waals surface area (Å²) in [5, 5.41) is 9.97. The van der Waals surface area contributed by atoms with E-state index in [0.29, 0.717) is 4.90 Å². The maximum absolute atomic E-state index is 12.1. The van der Waals surface area contributed by atoms with Crippen molar-refractivity contribution in [3.8, 4) is 0 Å². The Labute approximate surface area is 113 Å². The van der Waals surface area contributed by atoms with Crippen molar-refractivity contribution in [2.75, 3.05) is 5.75 Å². The van der Waals surface area contributed by atoms with Gasteiger partial charge in [0.15, 0.2) is 9.84 Å². The highest BCUT2D eigenvalue weighted by Gasteiger charge is 2.17. The molecular formula is C15H16O3S. The van der Waals surface area contributed by atoms with Crippen LogP contribution in [0.1, 0.15) is 18.1 Å². The maximum Gasteiger partial charge on any atom is 0.178 e. The highest BCUT2D eigenvalue weighted by Crippen LogP contribution is 2.19. The van der Waals surface area contributed by atoms with Gasteiger partial charge in [0.2, 0.25) is 0 Å². The van der Waals surface area contributed by atoms with E-state index in [9.17, 15) is 13.5 Å². The van der Waals surface area contributed by atoms with Gasteiger partial charge in [-0.2, -0.15) is 0 Å². The van der Waals surface area contributed by atoms with Gasteiger partial charge >= 0.3 is 0 Å². The smallest absolute Gasteiger partial charge is 0.178 e. The van der Waals surface area contributed by atoms with Crippen molar-refractivity contribution in [1.29, 1.82) is 0 Å². The average molecular weight is 276 g/mol. The number of rotatable bonds is 5. The second kappa shape index (κ2) is 5.99. The van der Waals surface area contributed by atoms with Gasteiger partial charge in [0.25, 0.3) is 0 Å². The van der Waals surface area contributed by atoms with Crippen LogP contribution in [0.2, 0.25) is 0 Å². The third kappa shape index (κ3) is 3.66. The molecule has 0 amide bonds. The molecule has 2 rings (SSSR count). The molecule has 1 atom stereocenters. The third-order valence-corrected chi connectivity index (χ3v) is 4.71. The fraction of sp³-hybridized carbons (Fsp3) is 0.200. The van der Waals surface area contributed by atoms with Crippen molar-refractivity contribution in [3.05, 3.63) is 66.2 Å². The van der Waals surface area contributed by atoms with Gasteiger partial charge in [0.05, 0.1) is 16.8 Å². The van der Waals surface area contributed by atoms with Crippen LogP contribution >= 0.6 is 0 Å². The lowest BCUT2D eigenvalue weighted by Gasteiger charge is -2.11. The second-order valence-electron chi connectivity index (χ2n) is 4.35. The predicted octanol–water partition coefficient (Wildman–Crippen LogP) is 2.58. The minimum absolute atomic E-state index is 0.0624. The van der Waals surface area contributed by atoms with Gasteiger partial charge in [0.1, 0.15) is 0 Å². The fourth-order valence-electron chi connectivity index (χ4n) is 1.85. The van der Waals surface area contributed by atoms with Crippen LogP contribution in [0.25, 0.3) is 0 Å². The van der Waals surface area contributed by atoms with Crippen LogP contribution in [0.5, 0.6) is 0 Å². The molecule has 0 radical (unpaired) electrons. The Morgan fingerprint density at radius 3 is 2.00 bits per heavy atom. The second-order valence-corrected chi connectivity index (χ2v) is 6.46. The van der Waals surface area contributed by atoms with Crippen molar-refractivity contribution in [3.63, 3.8) is 0 Å². The highest BCUT2D eigenvalue weighted by molar-refractivity contribution is 7.91. The standard InChI is InChI=1S/C15H16O3S/c16-15(13-7-3-1-4-8-13)11-12-19(17,18)14-9-5-2-6-10-14/h1-10,15-16H,11-12H2/t15-/m1/s1. The molecule has 0 aromatic heterocycles. The Kier molecular flexibility index (Phi) is 4.35. The molecule has 2 aromatic carbocycles. The van der Waals surface area contributed by atoms with E-state index >= 15 is 0 Å². The van der Waals surface area contributed by atoms with Crippen LogP contribution in [0.3, 0.4) is 0 Å². The molecule has 19 heavy (non-hydrogen) atoms. The topological polar surface area (TPSA) is 54.4 Å². The molecular weight excluding hydrogens is 260 g/mol. The van der Waals surface area contributed by atoms with Gasteiger partial charge in [-0.15, -0.1) is 0 Å². The summed E-state index contributed by atoms with van der Waals surface area (Å²) in [7, 11) is -3.32.